The molecule has 1 heterocycles. The maximum Gasteiger partial charge on any atom is 0.335 e. The van der Waals surface area contributed by atoms with Gasteiger partial charge in [0.2, 0.25) is 5.78 Å². The molecule has 0 aromatic heterocycles. The first-order chi connectivity index (χ1) is 7.65. The Morgan fingerprint density at radius 3 is 2.38 bits per heavy atom. The van der Waals surface area contributed by atoms with Crippen molar-refractivity contribution in [1.29, 1.82) is 0 Å². The van der Waals surface area contributed by atoms with Gasteiger partial charge < -0.3 is 0 Å². The number of nitrogens with zero attached hydrogens (tertiary/aromatic N) is 2. The molecule has 0 aliphatic carbocycles. The van der Waals surface area contributed by atoms with E-state index in [1.807, 2.05) is 0 Å². The number of ketones is 1. The number of azo groups is 1. The number of carbonyl (C=O) groups excluding carboxylic acids is 2. The van der Waals surface area contributed by atoms with Crippen molar-refractivity contribution in [2.75, 3.05) is 0 Å². The highest BCUT2D eigenvalue weighted by Gasteiger charge is 2.16. The van der Waals surface area contributed by atoms with E-state index in [4.69, 9.17) is 0 Å². The van der Waals surface area contributed by atoms with Gasteiger partial charge in [0.15, 0.2) is 0 Å². The Hall–Kier alpha value is -2.17. The summed E-state index contributed by atoms with van der Waals surface area (Å²) in [6.07, 6.45) is 1.50. The van der Waals surface area contributed by atoms with Crippen LogP contribution >= 0.6 is 0 Å². The topological polar surface area (TPSA) is 58.9 Å². The first kappa shape index (κ1) is 10.4. The van der Waals surface area contributed by atoms with E-state index in [1.54, 1.807) is 12.1 Å². The van der Waals surface area contributed by atoms with Crippen molar-refractivity contribution in [1.82, 2.24) is 0 Å². The lowest BCUT2D eigenvalue weighted by Gasteiger charge is -2.03. The normalized spacial score (nSPS) is 15.2. The van der Waals surface area contributed by atoms with Gasteiger partial charge in [0.25, 0.3) is 0 Å². The average Bonchev–Trinajstić information content (AvgIpc) is 2.27. The molecule has 0 bridgehead atoms. The van der Waals surface area contributed by atoms with Gasteiger partial charge in [0, 0.05) is 12.5 Å². The second-order valence-electron chi connectivity index (χ2n) is 3.31. The van der Waals surface area contributed by atoms with Crippen molar-refractivity contribution in [3.8, 4) is 0 Å². The maximum atomic E-state index is 12.6. The quantitative estimate of drug-likeness (QED) is 0.711. The van der Waals surface area contributed by atoms with E-state index in [-0.39, 0.29) is 5.82 Å². The van der Waals surface area contributed by atoms with Crippen LogP contribution in [0.1, 0.15) is 5.56 Å². The van der Waals surface area contributed by atoms with Crippen molar-refractivity contribution in [2.24, 2.45) is 10.2 Å². The Labute approximate surface area is 90.5 Å². The lowest BCUT2D eigenvalue weighted by Crippen LogP contribution is -2.11. The molecule has 1 aromatic carbocycles. The molecule has 0 unspecified atom stereocenters. The van der Waals surface area contributed by atoms with Gasteiger partial charge in [-0.05, 0) is 17.7 Å². The van der Waals surface area contributed by atoms with Crippen LogP contribution in [0.3, 0.4) is 0 Å². The van der Waals surface area contributed by atoms with Crippen LogP contribution in [0.2, 0.25) is 0 Å². The third-order valence-electron chi connectivity index (χ3n) is 2.08. The Bertz CT molecular complexity index is 503. The number of hydrogen-bond acceptors (Lipinski definition) is 3. The van der Waals surface area contributed by atoms with Crippen molar-refractivity contribution in [3.05, 3.63) is 47.4 Å². The summed E-state index contributed by atoms with van der Waals surface area (Å²) in [4.78, 5) is 21.7. The fourth-order valence-electron chi connectivity index (χ4n) is 1.30. The third-order valence-corrected chi connectivity index (χ3v) is 2.08. The molecule has 80 valence electrons. The van der Waals surface area contributed by atoms with Crippen LogP contribution in [0, 0.1) is 5.82 Å². The molecular formula is C11H7FN2O2. The Balaban J connectivity index is 2.14. The van der Waals surface area contributed by atoms with Crippen molar-refractivity contribution in [3.63, 3.8) is 0 Å². The van der Waals surface area contributed by atoms with E-state index >= 15 is 0 Å². The van der Waals surface area contributed by atoms with Gasteiger partial charge in [-0.1, -0.05) is 12.1 Å². The summed E-state index contributed by atoms with van der Waals surface area (Å²) < 4.78 is 12.6. The number of benzene rings is 1. The molecule has 2 rings (SSSR count). The fourth-order valence-corrected chi connectivity index (χ4v) is 1.30. The summed E-state index contributed by atoms with van der Waals surface area (Å²) in [7, 11) is 0. The van der Waals surface area contributed by atoms with Crippen LogP contribution in [0.4, 0.5) is 4.39 Å². The van der Waals surface area contributed by atoms with Crippen LogP contribution in [-0.2, 0) is 16.0 Å². The summed E-state index contributed by atoms with van der Waals surface area (Å²) in [5, 5.41) is 6.80. The standard InChI is InChI=1S/C11H7FN2O2/c12-8-3-1-7(2-4-8)5-9-6-10(15)11(16)14-13-9/h1-4,6H,5H2. The second-order valence-corrected chi connectivity index (χ2v) is 3.31. The molecule has 5 heteroatoms. The van der Waals surface area contributed by atoms with Gasteiger partial charge in [-0.2, -0.15) is 5.11 Å². The highest BCUT2D eigenvalue weighted by Crippen LogP contribution is 2.13. The van der Waals surface area contributed by atoms with Crippen LogP contribution in [0.25, 0.3) is 0 Å². The van der Waals surface area contributed by atoms with Gasteiger partial charge in [-0.15, -0.1) is 5.11 Å². The average molecular weight is 218 g/mol. The van der Waals surface area contributed by atoms with Crippen LogP contribution in [0.15, 0.2) is 46.3 Å². The molecule has 16 heavy (non-hydrogen) atoms. The summed E-state index contributed by atoms with van der Waals surface area (Å²) in [6.45, 7) is 0. The summed E-state index contributed by atoms with van der Waals surface area (Å²) in [5.41, 5.74) is 1.20. The van der Waals surface area contributed by atoms with Gasteiger partial charge in [0.1, 0.15) is 5.82 Å². The zero-order valence-electron chi connectivity index (χ0n) is 8.18. The molecule has 0 N–H and O–H groups in total. The summed E-state index contributed by atoms with van der Waals surface area (Å²) in [6, 6.07) is 5.82. The van der Waals surface area contributed by atoms with Gasteiger partial charge in [0.05, 0.1) is 5.70 Å². The van der Waals surface area contributed by atoms with Crippen LogP contribution in [0.5, 0.6) is 0 Å². The number of amides is 1. The van der Waals surface area contributed by atoms with E-state index in [0.29, 0.717) is 12.1 Å². The predicted octanol–water partition coefficient (Wildman–Crippen LogP) is 1.81. The first-order valence-electron chi connectivity index (χ1n) is 4.60. The number of hydrogen-bond donors (Lipinski definition) is 0. The lowest BCUT2D eigenvalue weighted by atomic mass is 10.1. The van der Waals surface area contributed by atoms with Gasteiger partial charge >= 0.3 is 5.91 Å². The highest BCUT2D eigenvalue weighted by molar-refractivity contribution is 6.41. The molecular weight excluding hydrogens is 211 g/mol. The van der Waals surface area contributed by atoms with E-state index in [0.717, 1.165) is 11.6 Å². The zero-order chi connectivity index (χ0) is 11.5. The monoisotopic (exact) mass is 218 g/mol. The van der Waals surface area contributed by atoms with E-state index in [2.05, 4.69) is 10.2 Å². The van der Waals surface area contributed by atoms with E-state index in [9.17, 15) is 14.0 Å². The third kappa shape index (κ3) is 2.25. The molecule has 4 nitrogen and oxygen atoms in total. The Morgan fingerprint density at radius 2 is 1.75 bits per heavy atom. The van der Waals surface area contributed by atoms with Gasteiger partial charge in [-0.25, -0.2) is 4.39 Å². The van der Waals surface area contributed by atoms with E-state index in [1.165, 1.54) is 12.1 Å². The minimum absolute atomic E-state index is 0.325. The predicted molar refractivity (Wildman–Crippen MR) is 53.1 cm³/mol. The molecule has 0 radical (unpaired) electrons. The number of allylic oxidation sites excluding steroid dienone is 1. The lowest BCUT2D eigenvalue weighted by molar-refractivity contribution is -0.133. The molecule has 0 fully saturated rings. The second kappa shape index (κ2) is 4.14. The Morgan fingerprint density at radius 1 is 1.06 bits per heavy atom. The minimum atomic E-state index is -0.858. The SMILES string of the molecule is O=C1C=C(Cc2ccc(F)cc2)N=NC1=O. The van der Waals surface area contributed by atoms with Crippen LogP contribution in [-0.4, -0.2) is 11.7 Å². The van der Waals surface area contributed by atoms with Crippen molar-refractivity contribution >= 4 is 11.7 Å². The summed E-state index contributed by atoms with van der Waals surface area (Å²) in [5.74, 6) is -1.86. The number of rotatable bonds is 2. The molecule has 0 saturated heterocycles. The van der Waals surface area contributed by atoms with Crippen molar-refractivity contribution < 1.29 is 14.0 Å². The van der Waals surface area contributed by atoms with Crippen molar-refractivity contribution in [2.45, 2.75) is 6.42 Å². The molecule has 0 spiro atoms. The fraction of sp³-hybridized carbons (Fsp3) is 0.0909. The number of halogens is 1. The Kier molecular flexibility index (Phi) is 2.68. The highest BCUT2D eigenvalue weighted by atomic mass is 19.1. The molecule has 1 aliphatic heterocycles. The molecule has 1 amide bonds. The van der Waals surface area contributed by atoms with E-state index < -0.39 is 11.7 Å². The molecule has 0 saturated carbocycles. The van der Waals surface area contributed by atoms with Crippen LogP contribution < -0.4 is 0 Å². The molecule has 0 atom stereocenters. The minimum Gasteiger partial charge on any atom is -0.284 e. The first-order valence-corrected chi connectivity index (χ1v) is 4.60. The number of carbonyl (C=O) groups is 2. The summed E-state index contributed by atoms with van der Waals surface area (Å²) >= 11 is 0. The largest absolute Gasteiger partial charge is 0.335 e. The maximum absolute atomic E-state index is 12.6. The van der Waals surface area contributed by atoms with Gasteiger partial charge in [-0.3, -0.25) is 9.59 Å². The zero-order valence-corrected chi connectivity index (χ0v) is 8.18. The smallest absolute Gasteiger partial charge is 0.284 e. The molecule has 1 aliphatic rings. The molecule has 1 aromatic rings.